The molecule has 13 heavy (non-hydrogen) atoms. The number of hydrogen-bond donors (Lipinski definition) is 1. The minimum Gasteiger partial charge on any atom is -0.455 e. The van der Waals surface area contributed by atoms with Crippen molar-refractivity contribution in [2.24, 2.45) is 0 Å². The van der Waals surface area contributed by atoms with Crippen LogP contribution in [0.1, 0.15) is 19.8 Å². The van der Waals surface area contributed by atoms with Crippen LogP contribution in [0.5, 0.6) is 0 Å². The van der Waals surface area contributed by atoms with Gasteiger partial charge in [0.25, 0.3) is 0 Å². The van der Waals surface area contributed by atoms with Crippen molar-refractivity contribution < 1.29 is 14.6 Å². The Morgan fingerprint density at radius 3 is 3.00 bits per heavy atom. The number of hydrogen-bond acceptors (Lipinski definition) is 3. The second-order valence-electron chi connectivity index (χ2n) is 2.97. The fourth-order valence-electron chi connectivity index (χ4n) is 1.17. The minimum atomic E-state index is -0.556. The molecule has 1 N–H and O–H groups in total. The molecule has 1 aliphatic rings. The Hall–Kier alpha value is -1.09. The highest BCUT2D eigenvalue weighted by Gasteiger charge is 2.26. The van der Waals surface area contributed by atoms with E-state index in [1.165, 1.54) is 0 Å². The number of rotatable bonds is 2. The Kier molecular flexibility index (Phi) is 3.71. The van der Waals surface area contributed by atoms with Gasteiger partial charge in [0.05, 0.1) is 6.10 Å². The fraction of sp³-hybridized carbons (Fsp3) is 0.500. The molecule has 0 unspecified atom stereocenters. The Labute approximate surface area is 77.7 Å². The second kappa shape index (κ2) is 4.82. The molecule has 1 heterocycles. The first-order valence-electron chi connectivity index (χ1n) is 4.41. The van der Waals surface area contributed by atoms with Gasteiger partial charge in [0.1, 0.15) is 6.10 Å². The highest BCUT2D eigenvalue weighted by molar-refractivity contribution is 5.70. The van der Waals surface area contributed by atoms with Gasteiger partial charge in [0.15, 0.2) is 0 Å². The minimum absolute atomic E-state index is 0.236. The highest BCUT2D eigenvalue weighted by atomic mass is 16.6. The third-order valence-corrected chi connectivity index (χ3v) is 1.90. The molecular weight excluding hydrogens is 168 g/mol. The summed E-state index contributed by atoms with van der Waals surface area (Å²) in [6.07, 6.45) is 6.94. The van der Waals surface area contributed by atoms with Crippen molar-refractivity contribution in [3.05, 3.63) is 24.3 Å². The summed E-state index contributed by atoms with van der Waals surface area (Å²) in [6.45, 7) is 1.90. The lowest BCUT2D eigenvalue weighted by Gasteiger charge is -2.24. The normalized spacial score (nSPS) is 29.8. The molecule has 1 aliphatic heterocycles. The summed E-state index contributed by atoms with van der Waals surface area (Å²) in [5.41, 5.74) is 0. The molecular formula is C10H14O3. The fourth-order valence-corrected chi connectivity index (χ4v) is 1.17. The number of aliphatic hydroxyl groups is 1. The van der Waals surface area contributed by atoms with Crippen LogP contribution in [0.15, 0.2) is 24.3 Å². The summed E-state index contributed by atoms with van der Waals surface area (Å²) in [6, 6.07) is 0. The number of ether oxygens (including phenoxy) is 1. The SMILES string of the molecule is C/C=C/C=C/[C@H]1OC(=O)CC[C@@H]1O. The smallest absolute Gasteiger partial charge is 0.306 e. The molecule has 0 aliphatic carbocycles. The van der Waals surface area contributed by atoms with Crippen molar-refractivity contribution in [1.29, 1.82) is 0 Å². The summed E-state index contributed by atoms with van der Waals surface area (Å²) in [5, 5.41) is 9.43. The van der Waals surface area contributed by atoms with E-state index in [0.29, 0.717) is 12.8 Å². The van der Waals surface area contributed by atoms with Gasteiger partial charge in [0, 0.05) is 6.42 Å². The number of allylic oxidation sites excluding steroid dienone is 3. The Morgan fingerprint density at radius 1 is 1.54 bits per heavy atom. The zero-order chi connectivity index (χ0) is 9.68. The standard InChI is InChI=1S/C10H14O3/c1-2-3-4-5-9-8(11)6-7-10(12)13-9/h2-5,8-9,11H,6-7H2,1H3/b3-2+,5-4+/t8-,9+/m0/s1. The molecule has 0 spiro atoms. The van der Waals surface area contributed by atoms with Crippen LogP contribution in [-0.2, 0) is 9.53 Å². The monoisotopic (exact) mass is 182 g/mol. The van der Waals surface area contributed by atoms with E-state index in [2.05, 4.69) is 0 Å². The Bertz CT molecular complexity index is 230. The molecule has 3 nitrogen and oxygen atoms in total. The van der Waals surface area contributed by atoms with Crippen LogP contribution in [0.25, 0.3) is 0 Å². The van der Waals surface area contributed by atoms with Crippen molar-refractivity contribution in [3.63, 3.8) is 0 Å². The predicted octanol–water partition coefficient (Wildman–Crippen LogP) is 1.19. The van der Waals surface area contributed by atoms with E-state index in [0.717, 1.165) is 0 Å². The van der Waals surface area contributed by atoms with Gasteiger partial charge in [-0.05, 0) is 19.4 Å². The van der Waals surface area contributed by atoms with Crippen molar-refractivity contribution >= 4 is 5.97 Å². The average Bonchev–Trinajstić information content (AvgIpc) is 2.11. The second-order valence-corrected chi connectivity index (χ2v) is 2.97. The van der Waals surface area contributed by atoms with E-state index in [1.54, 1.807) is 12.2 Å². The summed E-state index contributed by atoms with van der Waals surface area (Å²) in [5.74, 6) is -0.236. The number of aliphatic hydroxyl groups excluding tert-OH is 1. The number of cyclic esters (lactones) is 1. The first kappa shape index (κ1) is 9.99. The van der Waals surface area contributed by atoms with Crippen LogP contribution in [0.3, 0.4) is 0 Å². The highest BCUT2D eigenvalue weighted by Crippen LogP contribution is 2.15. The van der Waals surface area contributed by atoms with Crippen molar-refractivity contribution in [3.8, 4) is 0 Å². The van der Waals surface area contributed by atoms with E-state index in [9.17, 15) is 9.90 Å². The largest absolute Gasteiger partial charge is 0.455 e. The van der Waals surface area contributed by atoms with Gasteiger partial charge in [-0.25, -0.2) is 0 Å². The van der Waals surface area contributed by atoms with Crippen LogP contribution in [0.2, 0.25) is 0 Å². The lowest BCUT2D eigenvalue weighted by atomic mass is 10.1. The van der Waals surface area contributed by atoms with Gasteiger partial charge < -0.3 is 9.84 Å². The molecule has 0 aromatic rings. The molecule has 72 valence electrons. The third-order valence-electron chi connectivity index (χ3n) is 1.90. The van der Waals surface area contributed by atoms with Crippen molar-refractivity contribution in [1.82, 2.24) is 0 Å². The lowest BCUT2D eigenvalue weighted by Crippen LogP contribution is -2.34. The molecule has 2 atom stereocenters. The van der Waals surface area contributed by atoms with Crippen LogP contribution in [-0.4, -0.2) is 23.3 Å². The predicted molar refractivity (Wildman–Crippen MR) is 49.1 cm³/mol. The van der Waals surface area contributed by atoms with Crippen LogP contribution < -0.4 is 0 Å². The molecule has 1 rings (SSSR count). The maximum absolute atomic E-state index is 10.9. The molecule has 0 radical (unpaired) electrons. The Balaban J connectivity index is 2.50. The molecule has 3 heteroatoms. The maximum atomic E-state index is 10.9. The molecule has 1 fully saturated rings. The number of esters is 1. The molecule has 0 aromatic heterocycles. The van der Waals surface area contributed by atoms with Crippen molar-refractivity contribution in [2.45, 2.75) is 32.0 Å². The van der Waals surface area contributed by atoms with E-state index in [4.69, 9.17) is 4.74 Å². The summed E-state index contributed by atoms with van der Waals surface area (Å²) in [4.78, 5) is 10.9. The zero-order valence-electron chi connectivity index (χ0n) is 7.64. The molecule has 0 saturated carbocycles. The van der Waals surface area contributed by atoms with Gasteiger partial charge in [0.2, 0.25) is 0 Å². The van der Waals surface area contributed by atoms with Crippen LogP contribution >= 0.6 is 0 Å². The van der Waals surface area contributed by atoms with Crippen LogP contribution in [0, 0.1) is 0 Å². The molecule has 0 bridgehead atoms. The van der Waals surface area contributed by atoms with E-state index < -0.39 is 12.2 Å². The topological polar surface area (TPSA) is 46.5 Å². The van der Waals surface area contributed by atoms with E-state index in [-0.39, 0.29) is 5.97 Å². The maximum Gasteiger partial charge on any atom is 0.306 e. The quantitative estimate of drug-likeness (QED) is 0.515. The average molecular weight is 182 g/mol. The molecule has 1 saturated heterocycles. The van der Waals surface area contributed by atoms with Crippen LogP contribution in [0.4, 0.5) is 0 Å². The first-order valence-corrected chi connectivity index (χ1v) is 4.41. The Morgan fingerprint density at radius 2 is 2.31 bits per heavy atom. The summed E-state index contributed by atoms with van der Waals surface area (Å²) < 4.78 is 4.94. The van der Waals surface area contributed by atoms with Crippen molar-refractivity contribution in [2.75, 3.05) is 0 Å². The van der Waals surface area contributed by atoms with Gasteiger partial charge >= 0.3 is 5.97 Å². The van der Waals surface area contributed by atoms with Gasteiger partial charge in [-0.3, -0.25) is 4.79 Å². The van der Waals surface area contributed by atoms with E-state index in [1.807, 2.05) is 19.1 Å². The third kappa shape index (κ3) is 3.03. The first-order chi connectivity index (χ1) is 6.24. The van der Waals surface area contributed by atoms with Gasteiger partial charge in [-0.1, -0.05) is 18.2 Å². The molecule has 0 aromatic carbocycles. The van der Waals surface area contributed by atoms with Gasteiger partial charge in [-0.15, -0.1) is 0 Å². The molecule has 0 amide bonds. The lowest BCUT2D eigenvalue weighted by molar-refractivity contribution is -0.159. The zero-order valence-corrected chi connectivity index (χ0v) is 7.64. The van der Waals surface area contributed by atoms with E-state index >= 15 is 0 Å². The number of carbonyl (C=O) groups is 1. The number of carbonyl (C=O) groups excluding carboxylic acids is 1. The summed E-state index contributed by atoms with van der Waals surface area (Å²) in [7, 11) is 0. The summed E-state index contributed by atoms with van der Waals surface area (Å²) >= 11 is 0. The van der Waals surface area contributed by atoms with Gasteiger partial charge in [-0.2, -0.15) is 0 Å².